The van der Waals surface area contributed by atoms with Crippen LogP contribution in [-0.2, 0) is 4.79 Å². The van der Waals surface area contributed by atoms with Gasteiger partial charge in [-0.2, -0.15) is 0 Å². The van der Waals surface area contributed by atoms with Gasteiger partial charge in [0, 0.05) is 18.4 Å². The van der Waals surface area contributed by atoms with Crippen LogP contribution in [0.2, 0.25) is 5.02 Å². The van der Waals surface area contributed by atoms with E-state index < -0.39 is 0 Å². The maximum absolute atomic E-state index is 11.7. The Morgan fingerprint density at radius 1 is 1.47 bits per heavy atom. The number of hydrogen-bond acceptors (Lipinski definition) is 3. The lowest BCUT2D eigenvalue weighted by atomic mass is 10.2. The van der Waals surface area contributed by atoms with Gasteiger partial charge in [0.15, 0.2) is 0 Å². The van der Waals surface area contributed by atoms with E-state index in [2.05, 4.69) is 15.6 Å². The molecule has 2 rings (SSSR count). The van der Waals surface area contributed by atoms with Gasteiger partial charge in [0.05, 0.1) is 17.1 Å². The van der Waals surface area contributed by atoms with E-state index in [1.807, 2.05) is 0 Å². The first-order valence-corrected chi connectivity index (χ1v) is 5.71. The summed E-state index contributed by atoms with van der Waals surface area (Å²) in [5.74, 6) is -0.547. The van der Waals surface area contributed by atoms with Crippen molar-refractivity contribution in [2.45, 2.75) is 18.9 Å². The third-order valence-electron chi connectivity index (χ3n) is 2.37. The summed E-state index contributed by atoms with van der Waals surface area (Å²) in [6.07, 6.45) is 4.91. The molecule has 0 saturated heterocycles. The van der Waals surface area contributed by atoms with Gasteiger partial charge in [-0.15, -0.1) is 0 Å². The van der Waals surface area contributed by atoms with Gasteiger partial charge in [-0.3, -0.25) is 14.6 Å². The van der Waals surface area contributed by atoms with E-state index in [1.165, 1.54) is 18.5 Å². The molecule has 1 aromatic heterocycles. The lowest BCUT2D eigenvalue weighted by Crippen LogP contribution is -2.37. The Bertz CT molecular complexity index is 446. The van der Waals surface area contributed by atoms with E-state index in [1.54, 1.807) is 0 Å². The predicted octanol–water partition coefficient (Wildman–Crippen LogP) is 0.743. The minimum absolute atomic E-state index is 0.0337. The molecule has 5 nitrogen and oxygen atoms in total. The molecule has 0 bridgehead atoms. The molecule has 0 atom stereocenters. The van der Waals surface area contributed by atoms with Crippen LogP contribution < -0.4 is 10.6 Å². The molecule has 1 fully saturated rings. The van der Waals surface area contributed by atoms with Crippen molar-refractivity contribution in [2.24, 2.45) is 0 Å². The molecule has 2 amide bonds. The zero-order valence-corrected chi connectivity index (χ0v) is 9.83. The monoisotopic (exact) mass is 253 g/mol. The van der Waals surface area contributed by atoms with Gasteiger partial charge in [-0.05, 0) is 18.9 Å². The summed E-state index contributed by atoms with van der Waals surface area (Å²) in [4.78, 5) is 26.8. The minimum atomic E-state index is -0.372. The summed E-state index contributed by atoms with van der Waals surface area (Å²) in [6, 6.07) is 1.81. The Kier molecular flexibility index (Phi) is 3.58. The number of nitrogens with one attached hydrogen (secondary N) is 2. The molecule has 1 aliphatic carbocycles. The predicted molar refractivity (Wildman–Crippen MR) is 62.7 cm³/mol. The summed E-state index contributed by atoms with van der Waals surface area (Å²) >= 11 is 5.80. The molecule has 17 heavy (non-hydrogen) atoms. The zero-order valence-electron chi connectivity index (χ0n) is 9.07. The fourth-order valence-electron chi connectivity index (χ4n) is 1.32. The van der Waals surface area contributed by atoms with Crippen molar-refractivity contribution < 1.29 is 9.59 Å². The molecule has 1 heterocycles. The van der Waals surface area contributed by atoms with Crippen LogP contribution in [0.5, 0.6) is 0 Å². The fourth-order valence-corrected chi connectivity index (χ4v) is 1.53. The first kappa shape index (κ1) is 11.9. The number of amides is 2. The van der Waals surface area contributed by atoms with Crippen LogP contribution in [0, 0.1) is 0 Å². The summed E-state index contributed by atoms with van der Waals surface area (Å²) in [6.45, 7) is -0.0337. The van der Waals surface area contributed by atoms with Gasteiger partial charge >= 0.3 is 0 Å². The van der Waals surface area contributed by atoms with Crippen LogP contribution in [-0.4, -0.2) is 29.4 Å². The normalized spacial score (nSPS) is 14.2. The largest absolute Gasteiger partial charge is 0.352 e. The molecule has 0 spiro atoms. The molecule has 0 aliphatic heterocycles. The summed E-state index contributed by atoms with van der Waals surface area (Å²) < 4.78 is 0. The number of nitrogens with zero attached hydrogens (tertiary/aromatic N) is 1. The highest BCUT2D eigenvalue weighted by atomic mass is 35.5. The number of halogens is 1. The highest BCUT2D eigenvalue weighted by Crippen LogP contribution is 2.18. The second-order valence-corrected chi connectivity index (χ2v) is 4.29. The van der Waals surface area contributed by atoms with Crippen LogP contribution in [0.4, 0.5) is 0 Å². The molecule has 1 saturated carbocycles. The van der Waals surface area contributed by atoms with Gasteiger partial charge < -0.3 is 10.6 Å². The number of pyridine rings is 1. The average molecular weight is 254 g/mol. The van der Waals surface area contributed by atoms with Crippen molar-refractivity contribution in [3.8, 4) is 0 Å². The molecule has 0 radical (unpaired) electrons. The quantitative estimate of drug-likeness (QED) is 0.832. The van der Waals surface area contributed by atoms with E-state index >= 15 is 0 Å². The SMILES string of the molecule is O=C(CNC(=O)c1ccncc1Cl)NC1CC1. The van der Waals surface area contributed by atoms with Gasteiger partial charge in [0.2, 0.25) is 5.91 Å². The number of aromatic nitrogens is 1. The van der Waals surface area contributed by atoms with Gasteiger partial charge in [0.25, 0.3) is 5.91 Å². The average Bonchev–Trinajstić information content (AvgIpc) is 3.10. The Labute approximate surface area is 104 Å². The van der Waals surface area contributed by atoms with E-state index in [9.17, 15) is 9.59 Å². The van der Waals surface area contributed by atoms with Crippen LogP contribution in [0.3, 0.4) is 0 Å². The molecule has 2 N–H and O–H groups in total. The van der Waals surface area contributed by atoms with Gasteiger partial charge in [-0.1, -0.05) is 11.6 Å². The number of carbonyl (C=O) groups excluding carboxylic acids is 2. The summed E-state index contributed by atoms with van der Waals surface area (Å²) in [7, 11) is 0. The van der Waals surface area contributed by atoms with Crippen LogP contribution >= 0.6 is 11.6 Å². The molecule has 1 aliphatic rings. The zero-order chi connectivity index (χ0) is 12.3. The maximum Gasteiger partial charge on any atom is 0.253 e. The summed E-state index contributed by atoms with van der Waals surface area (Å²) in [5.41, 5.74) is 0.320. The van der Waals surface area contributed by atoms with E-state index in [0.717, 1.165) is 12.8 Å². The van der Waals surface area contributed by atoms with Crippen LogP contribution in [0.25, 0.3) is 0 Å². The second kappa shape index (κ2) is 5.14. The standard InChI is InChI=1S/C11H12ClN3O2/c12-9-5-13-4-3-8(9)11(17)14-6-10(16)15-7-1-2-7/h3-5,7H,1-2,6H2,(H,14,17)(H,15,16). The van der Waals surface area contributed by atoms with Crippen molar-refractivity contribution in [3.63, 3.8) is 0 Å². The first-order chi connectivity index (χ1) is 8.16. The first-order valence-electron chi connectivity index (χ1n) is 5.34. The Morgan fingerprint density at radius 3 is 2.88 bits per heavy atom. The van der Waals surface area contributed by atoms with E-state index in [-0.39, 0.29) is 23.4 Å². The van der Waals surface area contributed by atoms with Crippen molar-refractivity contribution >= 4 is 23.4 Å². The van der Waals surface area contributed by atoms with Gasteiger partial charge in [0.1, 0.15) is 0 Å². The Balaban J connectivity index is 1.84. The number of rotatable bonds is 4. The number of hydrogen-bond donors (Lipinski definition) is 2. The minimum Gasteiger partial charge on any atom is -0.352 e. The van der Waals surface area contributed by atoms with Crippen molar-refractivity contribution in [1.29, 1.82) is 0 Å². The van der Waals surface area contributed by atoms with Crippen LogP contribution in [0.1, 0.15) is 23.2 Å². The third-order valence-corrected chi connectivity index (χ3v) is 2.67. The molecular formula is C11H12ClN3O2. The second-order valence-electron chi connectivity index (χ2n) is 3.88. The third kappa shape index (κ3) is 3.42. The lowest BCUT2D eigenvalue weighted by Gasteiger charge is -2.06. The number of carbonyl (C=O) groups is 2. The molecule has 6 heteroatoms. The summed E-state index contributed by atoms with van der Waals surface area (Å²) in [5, 5.41) is 5.56. The maximum atomic E-state index is 11.7. The Morgan fingerprint density at radius 2 is 2.24 bits per heavy atom. The van der Waals surface area contributed by atoms with E-state index in [4.69, 9.17) is 11.6 Å². The topological polar surface area (TPSA) is 71.1 Å². The fraction of sp³-hybridized carbons (Fsp3) is 0.364. The molecule has 90 valence electrons. The van der Waals surface area contributed by atoms with Crippen molar-refractivity contribution in [2.75, 3.05) is 6.54 Å². The van der Waals surface area contributed by atoms with Crippen LogP contribution in [0.15, 0.2) is 18.5 Å². The highest BCUT2D eigenvalue weighted by Gasteiger charge is 2.23. The van der Waals surface area contributed by atoms with E-state index in [0.29, 0.717) is 11.6 Å². The molecular weight excluding hydrogens is 242 g/mol. The smallest absolute Gasteiger partial charge is 0.253 e. The Hall–Kier alpha value is -1.62. The highest BCUT2D eigenvalue weighted by molar-refractivity contribution is 6.33. The molecule has 0 unspecified atom stereocenters. The molecule has 0 aromatic carbocycles. The molecule has 1 aromatic rings. The van der Waals surface area contributed by atoms with Crippen molar-refractivity contribution in [3.05, 3.63) is 29.0 Å². The van der Waals surface area contributed by atoms with Gasteiger partial charge in [-0.25, -0.2) is 0 Å². The van der Waals surface area contributed by atoms with Crippen molar-refractivity contribution in [1.82, 2.24) is 15.6 Å². The lowest BCUT2D eigenvalue weighted by molar-refractivity contribution is -0.120.